The summed E-state index contributed by atoms with van der Waals surface area (Å²) in [6.45, 7) is 10.0. The van der Waals surface area contributed by atoms with Gasteiger partial charge in [0.05, 0.1) is 11.9 Å². The number of carbonyl (C=O) groups excluding carboxylic acids is 2. The minimum absolute atomic E-state index is 0.116. The highest BCUT2D eigenvalue weighted by Crippen LogP contribution is 2.25. The molecule has 0 aliphatic carbocycles. The van der Waals surface area contributed by atoms with Gasteiger partial charge in [-0.25, -0.2) is 4.79 Å². The van der Waals surface area contributed by atoms with Gasteiger partial charge in [0, 0.05) is 36.5 Å². The second-order valence-electron chi connectivity index (χ2n) is 7.00. The fraction of sp³-hybridized carbons (Fsp3) is 0.474. The van der Waals surface area contributed by atoms with Crippen LogP contribution in [0.3, 0.4) is 0 Å². The Labute approximate surface area is 153 Å². The fourth-order valence-corrected chi connectivity index (χ4v) is 2.38. The summed E-state index contributed by atoms with van der Waals surface area (Å²) < 4.78 is 7.10. The van der Waals surface area contributed by atoms with Crippen LogP contribution in [0.1, 0.15) is 57.9 Å². The maximum Gasteiger partial charge on any atom is 0.412 e. The maximum absolute atomic E-state index is 12.4. The fourth-order valence-electron chi connectivity index (χ4n) is 2.38. The van der Waals surface area contributed by atoms with Crippen molar-refractivity contribution in [2.75, 3.05) is 5.32 Å². The highest BCUT2D eigenvalue weighted by molar-refractivity contribution is 6.02. The number of rotatable bonds is 6. The first-order valence-electron chi connectivity index (χ1n) is 8.79. The smallest absolute Gasteiger partial charge is 0.412 e. The lowest BCUT2D eigenvalue weighted by atomic mass is 10.1. The standard InChI is InChI=1S/C19H26N4O3/c1-6-8-16(24)17-15(22-18(25)26-19(3,4)5)9-13(10-20-17)14-11-21-23(7-2)12-14/h9-12H,6-8H2,1-5H3,(H,22,25). The van der Waals surface area contributed by atoms with Gasteiger partial charge in [0.1, 0.15) is 11.3 Å². The molecule has 0 radical (unpaired) electrons. The highest BCUT2D eigenvalue weighted by atomic mass is 16.6. The van der Waals surface area contributed by atoms with Gasteiger partial charge in [0.15, 0.2) is 5.78 Å². The van der Waals surface area contributed by atoms with Crippen molar-refractivity contribution in [3.63, 3.8) is 0 Å². The molecule has 140 valence electrons. The molecule has 26 heavy (non-hydrogen) atoms. The van der Waals surface area contributed by atoms with Gasteiger partial charge in [-0.3, -0.25) is 19.8 Å². The van der Waals surface area contributed by atoms with Crippen LogP contribution in [0.15, 0.2) is 24.7 Å². The van der Waals surface area contributed by atoms with Crippen molar-refractivity contribution in [3.05, 3.63) is 30.4 Å². The minimum Gasteiger partial charge on any atom is -0.444 e. The number of ketones is 1. The summed E-state index contributed by atoms with van der Waals surface area (Å²) in [6.07, 6.45) is 5.69. The predicted molar refractivity (Wildman–Crippen MR) is 100 cm³/mol. The molecule has 2 aromatic rings. The van der Waals surface area contributed by atoms with Crippen LogP contribution in [-0.2, 0) is 11.3 Å². The van der Waals surface area contributed by atoms with Gasteiger partial charge in [-0.1, -0.05) is 6.92 Å². The molecular formula is C19H26N4O3. The molecule has 7 heteroatoms. The van der Waals surface area contributed by atoms with Crippen LogP contribution < -0.4 is 5.32 Å². The Balaban J connectivity index is 2.37. The summed E-state index contributed by atoms with van der Waals surface area (Å²) in [5.41, 5.74) is 1.58. The number of aryl methyl sites for hydroxylation is 1. The Kier molecular flexibility index (Phi) is 6.13. The molecule has 2 rings (SSSR count). The molecule has 1 amide bonds. The number of pyridine rings is 1. The summed E-state index contributed by atoms with van der Waals surface area (Å²) in [6, 6.07) is 1.73. The van der Waals surface area contributed by atoms with Gasteiger partial charge in [-0.2, -0.15) is 5.10 Å². The number of Topliss-reactive ketones (excluding diaryl/α,β-unsaturated/α-hetero) is 1. The monoisotopic (exact) mass is 358 g/mol. The highest BCUT2D eigenvalue weighted by Gasteiger charge is 2.20. The van der Waals surface area contributed by atoms with Crippen molar-refractivity contribution in [2.45, 2.75) is 59.6 Å². The zero-order valence-electron chi connectivity index (χ0n) is 16.0. The van der Waals surface area contributed by atoms with Crippen molar-refractivity contribution >= 4 is 17.6 Å². The lowest BCUT2D eigenvalue weighted by molar-refractivity contribution is 0.0636. The first-order chi connectivity index (χ1) is 12.2. The molecule has 2 heterocycles. The summed E-state index contributed by atoms with van der Waals surface area (Å²) in [4.78, 5) is 28.8. The number of hydrogen-bond donors (Lipinski definition) is 1. The van der Waals surface area contributed by atoms with Crippen LogP contribution in [0, 0.1) is 0 Å². The van der Waals surface area contributed by atoms with E-state index < -0.39 is 11.7 Å². The van der Waals surface area contributed by atoms with Gasteiger partial charge in [0.25, 0.3) is 0 Å². The van der Waals surface area contributed by atoms with Crippen molar-refractivity contribution in [1.82, 2.24) is 14.8 Å². The number of nitrogens with zero attached hydrogens (tertiary/aromatic N) is 3. The molecular weight excluding hydrogens is 332 g/mol. The number of aromatic nitrogens is 3. The summed E-state index contributed by atoms with van der Waals surface area (Å²) in [5, 5.41) is 6.91. The second kappa shape index (κ2) is 8.12. The molecule has 0 spiro atoms. The Hall–Kier alpha value is -2.70. The van der Waals surface area contributed by atoms with E-state index in [1.54, 1.807) is 43.9 Å². The number of anilines is 1. The molecule has 0 saturated carbocycles. The molecule has 0 bridgehead atoms. The first-order valence-corrected chi connectivity index (χ1v) is 8.79. The Bertz CT molecular complexity index is 790. The van der Waals surface area contributed by atoms with Crippen molar-refractivity contribution in [3.8, 4) is 11.1 Å². The van der Waals surface area contributed by atoms with Crippen molar-refractivity contribution in [1.29, 1.82) is 0 Å². The van der Waals surface area contributed by atoms with Gasteiger partial charge < -0.3 is 4.74 Å². The molecule has 0 saturated heterocycles. The van der Waals surface area contributed by atoms with Crippen molar-refractivity contribution < 1.29 is 14.3 Å². The minimum atomic E-state index is -0.634. The molecule has 0 aromatic carbocycles. The topological polar surface area (TPSA) is 86.1 Å². The van der Waals surface area contributed by atoms with Crippen molar-refractivity contribution in [2.24, 2.45) is 0 Å². The first kappa shape index (κ1) is 19.6. The Morgan fingerprint density at radius 1 is 1.19 bits per heavy atom. The van der Waals surface area contributed by atoms with Gasteiger partial charge in [-0.15, -0.1) is 0 Å². The zero-order valence-corrected chi connectivity index (χ0v) is 16.0. The van der Waals surface area contributed by atoms with E-state index >= 15 is 0 Å². The Morgan fingerprint density at radius 3 is 2.50 bits per heavy atom. The summed E-state index contributed by atoms with van der Waals surface area (Å²) >= 11 is 0. The largest absolute Gasteiger partial charge is 0.444 e. The molecule has 2 aromatic heterocycles. The van der Waals surface area contributed by atoms with E-state index in [0.29, 0.717) is 18.5 Å². The summed E-state index contributed by atoms with van der Waals surface area (Å²) in [7, 11) is 0. The molecule has 0 aliphatic rings. The van der Waals surface area contributed by atoms with Gasteiger partial charge >= 0.3 is 6.09 Å². The molecule has 0 unspecified atom stereocenters. The molecule has 0 aliphatic heterocycles. The van der Waals surface area contributed by atoms with Gasteiger partial charge in [-0.05, 0) is 40.2 Å². The number of hydrogen-bond acceptors (Lipinski definition) is 5. The zero-order chi connectivity index (χ0) is 19.3. The van der Waals surface area contributed by atoms with E-state index in [-0.39, 0.29) is 11.5 Å². The third-order valence-corrected chi connectivity index (χ3v) is 3.56. The number of ether oxygens (including phenoxy) is 1. The average molecular weight is 358 g/mol. The second-order valence-corrected chi connectivity index (χ2v) is 7.00. The third kappa shape index (κ3) is 5.15. The van der Waals surface area contributed by atoms with Crippen LogP contribution in [-0.4, -0.2) is 32.2 Å². The van der Waals surface area contributed by atoms with Crippen LogP contribution in [0.25, 0.3) is 11.1 Å². The summed E-state index contributed by atoms with van der Waals surface area (Å²) in [5.74, 6) is -0.116. The van der Waals surface area contributed by atoms with E-state index in [9.17, 15) is 9.59 Å². The van der Waals surface area contributed by atoms with Crippen LogP contribution >= 0.6 is 0 Å². The van der Waals surface area contributed by atoms with Crippen LogP contribution in [0.4, 0.5) is 10.5 Å². The average Bonchev–Trinajstić information content (AvgIpc) is 3.02. The molecule has 0 atom stereocenters. The molecule has 7 nitrogen and oxygen atoms in total. The maximum atomic E-state index is 12.4. The number of nitrogens with one attached hydrogen (secondary N) is 1. The normalized spacial score (nSPS) is 11.3. The lowest BCUT2D eigenvalue weighted by Crippen LogP contribution is -2.28. The molecule has 1 N–H and O–H groups in total. The van der Waals surface area contributed by atoms with E-state index in [2.05, 4.69) is 15.4 Å². The van der Waals surface area contributed by atoms with Gasteiger partial charge in [0.2, 0.25) is 0 Å². The number of carbonyl (C=O) groups is 2. The molecule has 0 fully saturated rings. The van der Waals surface area contributed by atoms with Crippen LogP contribution in [0.2, 0.25) is 0 Å². The predicted octanol–water partition coefficient (Wildman–Crippen LogP) is 4.29. The SMILES string of the molecule is CCCC(=O)c1ncc(-c2cnn(CC)c2)cc1NC(=O)OC(C)(C)C. The van der Waals surface area contributed by atoms with Crippen LogP contribution in [0.5, 0.6) is 0 Å². The van der Waals surface area contributed by atoms with E-state index in [1.165, 1.54) is 0 Å². The lowest BCUT2D eigenvalue weighted by Gasteiger charge is -2.20. The van der Waals surface area contributed by atoms with E-state index in [0.717, 1.165) is 17.7 Å². The van der Waals surface area contributed by atoms with E-state index in [4.69, 9.17) is 4.74 Å². The number of amides is 1. The quantitative estimate of drug-likeness (QED) is 0.778. The Morgan fingerprint density at radius 2 is 1.92 bits per heavy atom. The third-order valence-electron chi connectivity index (χ3n) is 3.56. The van der Waals surface area contributed by atoms with E-state index in [1.807, 2.05) is 20.0 Å².